The van der Waals surface area contributed by atoms with Crippen LogP contribution in [0.15, 0.2) is 12.3 Å². The molecular weight excluding hydrogens is 256 g/mol. The lowest BCUT2D eigenvalue weighted by Gasteiger charge is -2.47. The van der Waals surface area contributed by atoms with Crippen molar-refractivity contribution in [3.05, 3.63) is 17.8 Å². The molecule has 2 fully saturated rings. The Bertz CT molecular complexity index is 494. The van der Waals surface area contributed by atoms with E-state index in [1.165, 1.54) is 31.5 Å². The predicted octanol–water partition coefficient (Wildman–Crippen LogP) is 1.60. The summed E-state index contributed by atoms with van der Waals surface area (Å²) in [7, 11) is 2.20. The van der Waals surface area contributed by atoms with Crippen molar-refractivity contribution in [1.82, 2.24) is 15.1 Å². The van der Waals surface area contributed by atoms with Crippen molar-refractivity contribution in [1.29, 1.82) is 0 Å². The molecule has 1 aromatic heterocycles. The number of nitrogens with one attached hydrogen (secondary N) is 1. The summed E-state index contributed by atoms with van der Waals surface area (Å²) >= 11 is 0. The van der Waals surface area contributed by atoms with Crippen LogP contribution in [0.2, 0.25) is 0 Å². The number of hydrogen-bond donors (Lipinski definition) is 2. The Morgan fingerprint density at radius 3 is 2.75 bits per heavy atom. The number of aromatic carboxylic acids is 1. The first-order chi connectivity index (χ1) is 9.65. The second-order valence-corrected chi connectivity index (χ2v) is 5.82. The molecule has 6 nitrogen and oxygen atoms in total. The van der Waals surface area contributed by atoms with Crippen LogP contribution in [0.1, 0.15) is 42.5 Å². The molecule has 3 rings (SSSR count). The van der Waals surface area contributed by atoms with E-state index in [-0.39, 0.29) is 11.6 Å². The molecule has 2 saturated heterocycles. The number of carboxylic acid groups (broad SMARTS) is 1. The Morgan fingerprint density at radius 1 is 1.40 bits per heavy atom. The number of anilines is 1. The van der Waals surface area contributed by atoms with Crippen molar-refractivity contribution in [2.45, 2.75) is 50.2 Å². The molecule has 2 aliphatic rings. The summed E-state index contributed by atoms with van der Waals surface area (Å²) in [5, 5.41) is 20.2. The summed E-state index contributed by atoms with van der Waals surface area (Å²) in [6, 6.07) is 2.99. The number of fused-ring (bicyclic) bond motifs is 2. The maximum Gasteiger partial charge on any atom is 0.339 e. The highest BCUT2D eigenvalue weighted by molar-refractivity contribution is 5.92. The molecule has 0 amide bonds. The lowest BCUT2D eigenvalue weighted by atomic mass is 9.82. The van der Waals surface area contributed by atoms with Gasteiger partial charge in [0.25, 0.3) is 0 Å². The molecule has 2 N–H and O–H groups in total. The fourth-order valence-electron chi connectivity index (χ4n) is 3.54. The zero-order valence-electron chi connectivity index (χ0n) is 11.6. The molecule has 3 heterocycles. The van der Waals surface area contributed by atoms with E-state index in [1.807, 2.05) is 0 Å². The van der Waals surface area contributed by atoms with E-state index < -0.39 is 5.97 Å². The van der Waals surface area contributed by atoms with Crippen molar-refractivity contribution >= 4 is 11.8 Å². The largest absolute Gasteiger partial charge is 0.478 e. The Balaban J connectivity index is 1.74. The van der Waals surface area contributed by atoms with Crippen LogP contribution in [0.25, 0.3) is 0 Å². The highest BCUT2D eigenvalue weighted by Crippen LogP contribution is 2.33. The first kappa shape index (κ1) is 13.3. The summed E-state index contributed by atoms with van der Waals surface area (Å²) < 4.78 is 0. The van der Waals surface area contributed by atoms with E-state index in [9.17, 15) is 9.90 Å². The first-order valence-electron chi connectivity index (χ1n) is 7.18. The average Bonchev–Trinajstić information content (AvgIpc) is 2.40. The fourth-order valence-corrected chi connectivity index (χ4v) is 3.54. The van der Waals surface area contributed by atoms with Gasteiger partial charge < -0.3 is 15.3 Å². The summed E-state index contributed by atoms with van der Waals surface area (Å²) in [5.41, 5.74) is 0.198. The molecule has 2 unspecified atom stereocenters. The Hall–Kier alpha value is -1.69. The number of carbonyl (C=O) groups is 1. The van der Waals surface area contributed by atoms with Gasteiger partial charge in [-0.05, 0) is 38.8 Å². The normalized spacial score (nSPS) is 29.9. The molecule has 0 aliphatic carbocycles. The second kappa shape index (κ2) is 5.36. The zero-order valence-corrected chi connectivity index (χ0v) is 11.6. The minimum Gasteiger partial charge on any atom is -0.478 e. The molecule has 2 aliphatic heterocycles. The van der Waals surface area contributed by atoms with E-state index in [0.29, 0.717) is 17.9 Å². The Labute approximate surface area is 118 Å². The van der Waals surface area contributed by atoms with Crippen molar-refractivity contribution < 1.29 is 9.90 Å². The minimum absolute atomic E-state index is 0.198. The smallest absolute Gasteiger partial charge is 0.339 e. The number of aromatic nitrogens is 2. The topological polar surface area (TPSA) is 78.3 Å². The maximum absolute atomic E-state index is 11.2. The average molecular weight is 276 g/mol. The molecule has 2 bridgehead atoms. The van der Waals surface area contributed by atoms with Gasteiger partial charge in [0, 0.05) is 18.1 Å². The third-order valence-corrected chi connectivity index (χ3v) is 4.63. The fraction of sp³-hybridized carbons (Fsp3) is 0.643. The molecule has 0 radical (unpaired) electrons. The molecule has 1 aromatic rings. The first-order valence-corrected chi connectivity index (χ1v) is 7.18. The van der Waals surface area contributed by atoms with Crippen LogP contribution < -0.4 is 5.32 Å². The van der Waals surface area contributed by atoms with E-state index in [1.54, 1.807) is 0 Å². The monoisotopic (exact) mass is 276 g/mol. The lowest BCUT2D eigenvalue weighted by molar-refractivity contribution is 0.0606. The van der Waals surface area contributed by atoms with Gasteiger partial charge in [-0.15, -0.1) is 5.10 Å². The van der Waals surface area contributed by atoms with Gasteiger partial charge in [-0.3, -0.25) is 0 Å². The van der Waals surface area contributed by atoms with Crippen LogP contribution in [-0.4, -0.2) is 51.3 Å². The van der Waals surface area contributed by atoms with Crippen molar-refractivity contribution in [2.24, 2.45) is 0 Å². The van der Waals surface area contributed by atoms with Crippen LogP contribution in [-0.2, 0) is 0 Å². The summed E-state index contributed by atoms with van der Waals surface area (Å²) in [6.07, 6.45) is 7.27. The predicted molar refractivity (Wildman–Crippen MR) is 74.8 cm³/mol. The van der Waals surface area contributed by atoms with Crippen LogP contribution in [0, 0.1) is 0 Å². The number of hydrogen-bond acceptors (Lipinski definition) is 5. The van der Waals surface area contributed by atoms with Gasteiger partial charge in [0.05, 0.1) is 6.20 Å². The number of carboxylic acids is 1. The van der Waals surface area contributed by atoms with E-state index >= 15 is 0 Å². The standard InChI is InChI=1S/C14H20N4O2/c1-18-10-3-2-4-11(18)8-9(7-10)16-13-12(14(19)20)5-6-15-17-13/h5-6,9-11H,2-4,7-8H2,1H3,(H,16,17)(H,19,20). The second-order valence-electron chi connectivity index (χ2n) is 5.82. The van der Waals surface area contributed by atoms with Gasteiger partial charge in [-0.2, -0.15) is 5.10 Å². The molecule has 0 spiro atoms. The van der Waals surface area contributed by atoms with Gasteiger partial charge in [0.2, 0.25) is 0 Å². The third kappa shape index (κ3) is 2.47. The van der Waals surface area contributed by atoms with E-state index in [0.717, 1.165) is 12.8 Å². The highest BCUT2D eigenvalue weighted by Gasteiger charge is 2.36. The SMILES string of the molecule is CN1C2CCCC1CC(Nc1nnccc1C(=O)O)C2. The van der Waals surface area contributed by atoms with Gasteiger partial charge in [0.15, 0.2) is 5.82 Å². The molecule has 108 valence electrons. The molecule has 2 atom stereocenters. The van der Waals surface area contributed by atoms with Crippen LogP contribution in [0.5, 0.6) is 0 Å². The van der Waals surface area contributed by atoms with Gasteiger partial charge in [0.1, 0.15) is 5.56 Å². The molecular formula is C14H20N4O2. The summed E-state index contributed by atoms with van der Waals surface area (Å²) in [6.45, 7) is 0. The Morgan fingerprint density at radius 2 is 2.10 bits per heavy atom. The van der Waals surface area contributed by atoms with E-state index in [4.69, 9.17) is 0 Å². The Kier molecular flexibility index (Phi) is 3.56. The van der Waals surface area contributed by atoms with Gasteiger partial charge >= 0.3 is 5.97 Å². The van der Waals surface area contributed by atoms with Gasteiger partial charge in [-0.1, -0.05) is 6.42 Å². The maximum atomic E-state index is 11.2. The van der Waals surface area contributed by atoms with Crippen LogP contribution >= 0.6 is 0 Å². The number of piperidine rings is 2. The van der Waals surface area contributed by atoms with E-state index in [2.05, 4.69) is 27.5 Å². The number of rotatable bonds is 3. The lowest BCUT2D eigenvalue weighted by Crippen LogP contribution is -2.52. The number of nitrogens with zero attached hydrogens (tertiary/aromatic N) is 3. The molecule has 0 aromatic carbocycles. The quantitative estimate of drug-likeness (QED) is 0.873. The van der Waals surface area contributed by atoms with Crippen LogP contribution in [0.3, 0.4) is 0 Å². The van der Waals surface area contributed by atoms with Crippen molar-refractivity contribution in [3.8, 4) is 0 Å². The molecule has 20 heavy (non-hydrogen) atoms. The van der Waals surface area contributed by atoms with Crippen molar-refractivity contribution in [3.63, 3.8) is 0 Å². The molecule has 6 heteroatoms. The zero-order chi connectivity index (χ0) is 14.1. The van der Waals surface area contributed by atoms with Crippen molar-refractivity contribution in [2.75, 3.05) is 12.4 Å². The minimum atomic E-state index is -0.962. The summed E-state index contributed by atoms with van der Waals surface area (Å²) in [4.78, 5) is 13.7. The van der Waals surface area contributed by atoms with Crippen LogP contribution in [0.4, 0.5) is 5.82 Å². The third-order valence-electron chi connectivity index (χ3n) is 4.63. The molecule has 0 saturated carbocycles. The van der Waals surface area contributed by atoms with Gasteiger partial charge in [-0.25, -0.2) is 4.79 Å². The highest BCUT2D eigenvalue weighted by atomic mass is 16.4. The summed E-state index contributed by atoms with van der Waals surface area (Å²) in [5.74, 6) is -0.567.